The first kappa shape index (κ1) is 16.0. The van der Waals surface area contributed by atoms with E-state index in [1.165, 1.54) is 0 Å². The van der Waals surface area contributed by atoms with Crippen LogP contribution < -0.4 is 16.4 Å². The number of nitrogens with two attached hydrogens (primary N) is 1. The molecular weight excluding hydrogens is 234 g/mol. The fraction of sp³-hybridized carbons (Fsp3) is 0.167. The second-order valence-electron chi connectivity index (χ2n) is 2.25. The Morgan fingerprint density at radius 3 is 2.00 bits per heavy atom. The van der Waals surface area contributed by atoms with Gasteiger partial charge in [0.25, 0.3) is 0 Å². The summed E-state index contributed by atoms with van der Waals surface area (Å²) in [6, 6.07) is -0.398. The topological polar surface area (TPSA) is 111 Å². The second-order valence-corrected chi connectivity index (χ2v) is 5.51. The minimum absolute atomic E-state index is 0.124. The van der Waals surface area contributed by atoms with E-state index in [1.807, 2.05) is 5.32 Å². The molecule has 0 unspecified atom stereocenters. The van der Waals surface area contributed by atoms with Gasteiger partial charge in [0.15, 0.2) is 0 Å². The molecule has 1 aliphatic rings. The number of hydrogen-bond acceptors (Lipinski definition) is 4. The number of carbonyl (C=O) groups excluding carboxylic acids is 3. The lowest BCUT2D eigenvalue weighted by Crippen LogP contribution is -2.22. The average molecular weight is 249 g/mol. The maximum Gasteiger partial charge on any atom is 0.321 e. The number of imide groups is 1. The van der Waals surface area contributed by atoms with Crippen LogP contribution in [-0.4, -0.2) is 45.4 Å². The third kappa shape index (κ3) is 15.3. The Balaban J connectivity index is 0. The van der Waals surface area contributed by atoms with Crippen molar-refractivity contribution in [2.75, 3.05) is 6.54 Å². The van der Waals surface area contributed by atoms with E-state index in [9.17, 15) is 14.4 Å². The Kier molecular flexibility index (Phi) is 11.3. The highest BCUT2D eigenvalue weighted by Gasteiger charge is 2.14. The largest absolute Gasteiger partial charge is 0.471 e. The monoisotopic (exact) mass is 249 g/mol. The molecule has 7 nitrogen and oxygen atoms in total. The smallest absolute Gasteiger partial charge is 0.321 e. The first-order chi connectivity index (χ1) is 6.97. The third-order valence-electron chi connectivity index (χ3n) is 0.864. The Labute approximate surface area is 93.5 Å². The van der Waals surface area contributed by atoms with Gasteiger partial charge >= 0.3 is 6.03 Å². The molecular formula is C6H15N3O4Si2. The van der Waals surface area contributed by atoms with Crippen LogP contribution in [0.2, 0.25) is 0 Å². The zero-order chi connectivity index (χ0) is 12.3. The lowest BCUT2D eigenvalue weighted by atomic mass is 10.6. The van der Waals surface area contributed by atoms with Crippen LogP contribution in [0.5, 0.6) is 0 Å². The normalized spacial score (nSPS) is 12.5. The molecule has 1 saturated heterocycles. The predicted octanol–water partition coefficient (Wildman–Crippen LogP) is -3.95. The van der Waals surface area contributed by atoms with Crippen molar-refractivity contribution in [2.24, 2.45) is 5.73 Å². The standard InChI is InChI=1S/C3H4N2O2.C3H5NO.H6OSi2/c6-2-1-4-3(7)5-2;1-2-3(4)5;2-1-3/h1H2,(H2,4,5,6,7);2H,1H2,(H2,4,5);2-3H3. The molecule has 4 N–H and O–H groups in total. The van der Waals surface area contributed by atoms with Gasteiger partial charge in [-0.15, -0.1) is 0 Å². The van der Waals surface area contributed by atoms with Crippen molar-refractivity contribution < 1.29 is 18.5 Å². The van der Waals surface area contributed by atoms with Crippen LogP contribution in [0.4, 0.5) is 4.79 Å². The van der Waals surface area contributed by atoms with Crippen LogP contribution >= 0.6 is 0 Å². The minimum atomic E-state index is -0.481. The van der Waals surface area contributed by atoms with E-state index in [0.717, 1.165) is 27.0 Å². The summed E-state index contributed by atoms with van der Waals surface area (Å²) in [4.78, 5) is 29.5. The van der Waals surface area contributed by atoms with Gasteiger partial charge in [0.1, 0.15) is 21.0 Å². The maximum absolute atomic E-state index is 10.1. The average Bonchev–Trinajstić information content (AvgIpc) is 2.52. The number of nitrogens with one attached hydrogen (secondary N) is 2. The summed E-state index contributed by atoms with van der Waals surface area (Å²) in [6.45, 7) is 3.21. The van der Waals surface area contributed by atoms with Crippen molar-refractivity contribution in [3.05, 3.63) is 12.7 Å². The first-order valence-electron chi connectivity index (χ1n) is 3.87. The van der Waals surface area contributed by atoms with Crippen LogP contribution in [0.15, 0.2) is 12.7 Å². The number of rotatable bonds is 1. The molecule has 86 valence electrons. The van der Waals surface area contributed by atoms with Crippen molar-refractivity contribution in [2.45, 2.75) is 0 Å². The summed E-state index contributed by atoms with van der Waals surface area (Å²) >= 11 is 0. The van der Waals surface area contributed by atoms with E-state index in [4.69, 9.17) is 0 Å². The van der Waals surface area contributed by atoms with Gasteiger partial charge in [0.05, 0.1) is 6.54 Å². The number of amides is 4. The maximum atomic E-state index is 10.1. The molecule has 1 aliphatic heterocycles. The summed E-state index contributed by atoms with van der Waals surface area (Å²) < 4.78 is 4.53. The second kappa shape index (κ2) is 10.6. The highest BCUT2D eigenvalue weighted by atomic mass is 28.3. The molecule has 0 spiro atoms. The summed E-state index contributed by atoms with van der Waals surface area (Å²) in [5.74, 6) is -0.741. The van der Waals surface area contributed by atoms with Gasteiger partial charge in [-0.2, -0.15) is 0 Å². The zero-order valence-corrected chi connectivity index (χ0v) is 12.7. The number of carbonyl (C=O) groups is 3. The molecule has 0 radical (unpaired) electrons. The van der Waals surface area contributed by atoms with Gasteiger partial charge in [-0.25, -0.2) is 4.79 Å². The Morgan fingerprint density at radius 2 is 1.93 bits per heavy atom. The molecule has 0 aliphatic carbocycles. The molecule has 9 heteroatoms. The molecule has 0 aromatic heterocycles. The van der Waals surface area contributed by atoms with Crippen molar-refractivity contribution in [3.8, 4) is 0 Å². The van der Waals surface area contributed by atoms with Crippen LogP contribution in [0.3, 0.4) is 0 Å². The summed E-state index contributed by atoms with van der Waals surface area (Å²) in [7, 11) is 1.86. The van der Waals surface area contributed by atoms with E-state index in [1.54, 1.807) is 0 Å². The number of primary amides is 1. The Morgan fingerprint density at radius 1 is 1.53 bits per heavy atom. The SMILES string of the molecule is C=CC(N)=O.O=C1CNC(=O)N1.[SiH3]O[SiH3]. The van der Waals surface area contributed by atoms with Crippen molar-refractivity contribution in [1.82, 2.24) is 10.6 Å². The van der Waals surface area contributed by atoms with Crippen molar-refractivity contribution in [3.63, 3.8) is 0 Å². The van der Waals surface area contributed by atoms with E-state index in [-0.39, 0.29) is 12.5 Å². The molecule has 1 rings (SSSR count). The van der Waals surface area contributed by atoms with Gasteiger partial charge in [-0.3, -0.25) is 14.9 Å². The summed E-state index contributed by atoms with van der Waals surface area (Å²) in [6.07, 6.45) is 1.06. The van der Waals surface area contributed by atoms with E-state index in [0.29, 0.717) is 0 Å². The van der Waals surface area contributed by atoms with Gasteiger partial charge in [-0.05, 0) is 6.08 Å². The molecule has 4 amide bonds. The molecule has 15 heavy (non-hydrogen) atoms. The molecule has 1 heterocycles. The van der Waals surface area contributed by atoms with Gasteiger partial charge in [0, 0.05) is 0 Å². The van der Waals surface area contributed by atoms with E-state index < -0.39 is 11.9 Å². The van der Waals surface area contributed by atoms with Gasteiger partial charge < -0.3 is 15.2 Å². The van der Waals surface area contributed by atoms with Crippen LogP contribution in [-0.2, 0) is 13.7 Å². The van der Waals surface area contributed by atoms with E-state index >= 15 is 0 Å². The lowest BCUT2D eigenvalue weighted by molar-refractivity contribution is -0.117. The Bertz CT molecular complexity index is 233. The minimum Gasteiger partial charge on any atom is -0.471 e. The first-order valence-corrected chi connectivity index (χ1v) is 5.50. The number of hydrogen-bond donors (Lipinski definition) is 3. The third-order valence-corrected chi connectivity index (χ3v) is 0.864. The highest BCUT2D eigenvalue weighted by Crippen LogP contribution is 1.73. The lowest BCUT2D eigenvalue weighted by Gasteiger charge is -1.78. The van der Waals surface area contributed by atoms with E-state index in [2.05, 4.69) is 21.7 Å². The molecule has 0 saturated carbocycles. The van der Waals surface area contributed by atoms with Crippen molar-refractivity contribution in [1.29, 1.82) is 0 Å². The summed E-state index contributed by atoms with van der Waals surface area (Å²) in [5.41, 5.74) is 4.53. The van der Waals surface area contributed by atoms with Gasteiger partial charge in [-0.1, -0.05) is 6.58 Å². The van der Waals surface area contributed by atoms with Crippen molar-refractivity contribution >= 4 is 38.8 Å². The van der Waals surface area contributed by atoms with Crippen LogP contribution in [0.25, 0.3) is 0 Å². The predicted molar refractivity (Wildman–Crippen MR) is 61.9 cm³/mol. The molecule has 0 aromatic rings. The fourth-order valence-corrected chi connectivity index (χ4v) is 0.376. The van der Waals surface area contributed by atoms with Gasteiger partial charge in [0.2, 0.25) is 11.8 Å². The van der Waals surface area contributed by atoms with Crippen LogP contribution in [0.1, 0.15) is 0 Å². The highest BCUT2D eigenvalue weighted by molar-refractivity contribution is 6.15. The molecule has 0 bridgehead atoms. The number of urea groups is 1. The zero-order valence-electron chi connectivity index (χ0n) is 8.70. The Hall–Kier alpha value is -1.46. The molecule has 1 fully saturated rings. The van der Waals surface area contributed by atoms with Crippen LogP contribution in [0, 0.1) is 0 Å². The molecule has 0 atom stereocenters. The fourth-order valence-electron chi connectivity index (χ4n) is 0.376. The quantitative estimate of drug-likeness (QED) is 0.250. The molecule has 0 aromatic carbocycles. The summed E-state index contributed by atoms with van der Waals surface area (Å²) in [5, 5.41) is 4.30.